The van der Waals surface area contributed by atoms with Crippen LogP contribution >= 0.6 is 0 Å². The van der Waals surface area contributed by atoms with Crippen molar-refractivity contribution in [2.24, 2.45) is 0 Å². The minimum atomic E-state index is -1.89. The molecule has 2 saturated heterocycles. The van der Waals surface area contributed by atoms with Gasteiger partial charge in [-0.2, -0.15) is 0 Å². The van der Waals surface area contributed by atoms with Crippen LogP contribution in [0.3, 0.4) is 0 Å². The lowest BCUT2D eigenvalue weighted by atomic mass is 9.99. The summed E-state index contributed by atoms with van der Waals surface area (Å²) in [6.07, 6.45) is -11.4. The predicted octanol–water partition coefficient (Wildman–Crippen LogP) is -3.29. The van der Waals surface area contributed by atoms with Crippen molar-refractivity contribution in [3.05, 3.63) is 29.8 Å². The Labute approximate surface area is 177 Å². The van der Waals surface area contributed by atoms with Crippen LogP contribution in [0, 0.1) is 0 Å². The van der Waals surface area contributed by atoms with E-state index in [9.17, 15) is 35.7 Å². The van der Waals surface area contributed by atoms with Gasteiger partial charge in [0.2, 0.25) is 0 Å². The lowest BCUT2D eigenvalue weighted by Gasteiger charge is -2.40. The molecule has 2 heterocycles. The fourth-order valence-corrected chi connectivity index (χ4v) is 3.30. The van der Waals surface area contributed by atoms with Crippen molar-refractivity contribution >= 4 is 0 Å². The minimum absolute atomic E-state index is 0.0247. The van der Waals surface area contributed by atoms with Crippen LogP contribution in [0.5, 0.6) is 5.75 Å². The van der Waals surface area contributed by atoms with Gasteiger partial charge in [-0.3, -0.25) is 0 Å². The van der Waals surface area contributed by atoms with Crippen LogP contribution in [0.25, 0.3) is 0 Å². The van der Waals surface area contributed by atoms with Crippen molar-refractivity contribution in [2.45, 2.75) is 54.8 Å². The first-order chi connectivity index (χ1) is 14.7. The predicted molar refractivity (Wildman–Crippen MR) is 99.4 cm³/mol. The molecule has 0 aromatic heterocycles. The van der Waals surface area contributed by atoms with Crippen LogP contribution < -0.4 is 0 Å². The van der Waals surface area contributed by atoms with Crippen LogP contribution in [0.15, 0.2) is 24.3 Å². The molecule has 9 unspecified atom stereocenters. The number of phenolic OH excluding ortho intramolecular Hbond substituents is 1. The lowest BCUT2D eigenvalue weighted by molar-refractivity contribution is -0.312. The molecule has 0 amide bonds. The zero-order chi connectivity index (χ0) is 22.8. The maximum atomic E-state index is 10.2. The van der Waals surface area contributed by atoms with Gasteiger partial charge in [0.05, 0.1) is 26.4 Å². The quantitative estimate of drug-likeness (QED) is 0.197. The molecule has 2 fully saturated rings. The van der Waals surface area contributed by atoms with Crippen LogP contribution in [0.4, 0.5) is 0 Å². The van der Waals surface area contributed by atoms with Crippen molar-refractivity contribution in [3.63, 3.8) is 0 Å². The molecule has 0 aliphatic carbocycles. The zero-order valence-corrected chi connectivity index (χ0v) is 16.5. The monoisotopic (exact) mass is 448 g/mol. The molecule has 1 aromatic carbocycles. The van der Waals surface area contributed by atoms with Gasteiger partial charge in [0.15, 0.2) is 12.6 Å². The van der Waals surface area contributed by atoms with Gasteiger partial charge in [-0.25, -0.2) is 0 Å². The molecule has 12 heteroatoms. The molecule has 0 radical (unpaired) electrons. The first-order valence-electron chi connectivity index (χ1n) is 9.69. The van der Waals surface area contributed by atoms with Gasteiger partial charge in [-0.1, -0.05) is 12.1 Å². The Morgan fingerprint density at radius 2 is 1.68 bits per heavy atom. The Bertz CT molecular complexity index is 702. The number of aliphatic hydroxyl groups is 7. The average Bonchev–Trinajstić information content (AvgIpc) is 3.05. The second kappa shape index (κ2) is 10.0. The van der Waals surface area contributed by atoms with E-state index in [2.05, 4.69) is 0 Å². The van der Waals surface area contributed by atoms with E-state index in [0.29, 0.717) is 5.56 Å². The summed E-state index contributed by atoms with van der Waals surface area (Å²) in [6.45, 7) is -1.85. The third kappa shape index (κ3) is 5.32. The maximum absolute atomic E-state index is 10.2. The molecule has 176 valence electrons. The number of phenols is 1. The van der Waals surface area contributed by atoms with Crippen LogP contribution in [0.2, 0.25) is 0 Å². The SMILES string of the molecule is OCC1(O)COC(OCC2OC(OCC(O)c3ccc(O)cc3)C(O)C(O)C2O)C1O. The van der Waals surface area contributed by atoms with Crippen molar-refractivity contribution in [3.8, 4) is 5.75 Å². The smallest absolute Gasteiger partial charge is 0.186 e. The molecule has 2 aliphatic heterocycles. The van der Waals surface area contributed by atoms with E-state index in [1.165, 1.54) is 24.3 Å². The molecule has 31 heavy (non-hydrogen) atoms. The van der Waals surface area contributed by atoms with E-state index in [4.69, 9.17) is 24.1 Å². The molecule has 0 bridgehead atoms. The molecule has 0 saturated carbocycles. The molecule has 0 spiro atoms. The number of ether oxygens (including phenoxy) is 4. The number of aliphatic hydroxyl groups excluding tert-OH is 6. The topological polar surface area (TPSA) is 199 Å². The normalized spacial score (nSPS) is 39.5. The zero-order valence-electron chi connectivity index (χ0n) is 16.5. The summed E-state index contributed by atoms with van der Waals surface area (Å²) >= 11 is 0. The Morgan fingerprint density at radius 3 is 2.29 bits per heavy atom. The molecule has 9 atom stereocenters. The van der Waals surface area contributed by atoms with Gasteiger partial charge in [-0.15, -0.1) is 0 Å². The second-order valence-electron chi connectivity index (χ2n) is 7.67. The Hall–Kier alpha value is -1.42. The van der Waals surface area contributed by atoms with Gasteiger partial charge in [0, 0.05) is 0 Å². The summed E-state index contributed by atoms with van der Waals surface area (Å²) in [5.74, 6) is 0.0247. The number of hydrogen-bond donors (Lipinski definition) is 8. The van der Waals surface area contributed by atoms with E-state index in [0.717, 1.165) is 0 Å². The summed E-state index contributed by atoms with van der Waals surface area (Å²) in [7, 11) is 0. The summed E-state index contributed by atoms with van der Waals surface area (Å²) in [5.41, 5.74) is -1.45. The van der Waals surface area contributed by atoms with Crippen LogP contribution in [-0.4, -0.2) is 116 Å². The Morgan fingerprint density at radius 1 is 1.00 bits per heavy atom. The average molecular weight is 448 g/mol. The molecule has 2 aliphatic rings. The van der Waals surface area contributed by atoms with E-state index < -0.39 is 68.0 Å². The maximum Gasteiger partial charge on any atom is 0.186 e. The van der Waals surface area contributed by atoms with E-state index >= 15 is 0 Å². The van der Waals surface area contributed by atoms with Crippen LogP contribution in [-0.2, 0) is 18.9 Å². The summed E-state index contributed by atoms with van der Waals surface area (Å²) in [5, 5.41) is 79.0. The highest BCUT2D eigenvalue weighted by molar-refractivity contribution is 5.27. The summed E-state index contributed by atoms with van der Waals surface area (Å²) in [4.78, 5) is 0. The Kier molecular flexibility index (Phi) is 7.83. The highest BCUT2D eigenvalue weighted by atomic mass is 16.7. The highest BCUT2D eigenvalue weighted by Crippen LogP contribution is 2.28. The second-order valence-corrected chi connectivity index (χ2v) is 7.67. The molecule has 8 N–H and O–H groups in total. The Balaban J connectivity index is 1.55. The van der Waals surface area contributed by atoms with Crippen molar-refractivity contribution in [2.75, 3.05) is 26.4 Å². The number of aromatic hydroxyl groups is 1. The van der Waals surface area contributed by atoms with Gasteiger partial charge in [0.1, 0.15) is 48.0 Å². The van der Waals surface area contributed by atoms with E-state index in [1.54, 1.807) is 0 Å². The molecular weight excluding hydrogens is 420 g/mol. The number of hydrogen-bond acceptors (Lipinski definition) is 12. The van der Waals surface area contributed by atoms with E-state index in [1.807, 2.05) is 0 Å². The van der Waals surface area contributed by atoms with Gasteiger partial charge in [-0.05, 0) is 17.7 Å². The first kappa shape index (κ1) is 24.2. The van der Waals surface area contributed by atoms with Gasteiger partial charge >= 0.3 is 0 Å². The van der Waals surface area contributed by atoms with Gasteiger partial charge < -0.3 is 59.8 Å². The molecule has 12 nitrogen and oxygen atoms in total. The fourth-order valence-electron chi connectivity index (χ4n) is 3.30. The van der Waals surface area contributed by atoms with Crippen molar-refractivity contribution < 1.29 is 59.8 Å². The van der Waals surface area contributed by atoms with Crippen molar-refractivity contribution in [1.82, 2.24) is 0 Å². The first-order valence-corrected chi connectivity index (χ1v) is 9.69. The lowest BCUT2D eigenvalue weighted by Crippen LogP contribution is -2.59. The highest BCUT2D eigenvalue weighted by Gasteiger charge is 2.50. The molecular formula is C19H28O12. The molecule has 3 rings (SSSR count). The minimum Gasteiger partial charge on any atom is -0.508 e. The van der Waals surface area contributed by atoms with Gasteiger partial charge in [0.25, 0.3) is 0 Å². The standard InChI is InChI=1S/C19H28O12/c20-7-19(27)8-30-18(16(19)26)29-6-12-13(23)14(24)15(25)17(31-12)28-5-11(22)9-1-3-10(21)4-2-9/h1-4,11-18,20-27H,5-8H2. The van der Waals surface area contributed by atoms with Crippen molar-refractivity contribution in [1.29, 1.82) is 0 Å². The fraction of sp³-hybridized carbons (Fsp3) is 0.684. The van der Waals surface area contributed by atoms with Crippen LogP contribution in [0.1, 0.15) is 11.7 Å². The largest absolute Gasteiger partial charge is 0.508 e. The molecule has 1 aromatic rings. The summed E-state index contributed by atoms with van der Waals surface area (Å²) < 4.78 is 21.2. The van der Waals surface area contributed by atoms with E-state index in [-0.39, 0.29) is 19.0 Å². The third-order valence-electron chi connectivity index (χ3n) is 5.37. The number of benzene rings is 1. The summed E-state index contributed by atoms with van der Waals surface area (Å²) in [6, 6.07) is 5.74. The number of rotatable bonds is 8. The third-order valence-corrected chi connectivity index (χ3v) is 5.37.